The van der Waals surface area contributed by atoms with E-state index in [0.717, 1.165) is 66.7 Å². The molecule has 0 spiro atoms. The second-order valence-corrected chi connectivity index (χ2v) is 8.51. The number of nitrogens with zero attached hydrogens (tertiary/aromatic N) is 6. The monoisotopic (exact) mass is 446 g/mol. The Kier molecular flexibility index (Phi) is 6.22. The minimum absolute atomic E-state index is 0.734. The predicted octanol–water partition coefficient (Wildman–Crippen LogP) is 4.28. The van der Waals surface area contributed by atoms with Crippen LogP contribution in [0.25, 0.3) is 16.9 Å². The highest BCUT2D eigenvalue weighted by atomic mass is 32.2. The molecule has 2 aromatic carbocycles. The molecule has 1 fully saturated rings. The van der Waals surface area contributed by atoms with Gasteiger partial charge in [0.05, 0.1) is 24.6 Å². The van der Waals surface area contributed by atoms with Crippen molar-refractivity contribution < 1.29 is 4.74 Å². The van der Waals surface area contributed by atoms with E-state index in [0.29, 0.717) is 0 Å². The fourth-order valence-electron chi connectivity index (χ4n) is 3.87. The summed E-state index contributed by atoms with van der Waals surface area (Å²) in [7, 11) is 0. The van der Waals surface area contributed by atoms with E-state index in [-0.39, 0.29) is 0 Å². The van der Waals surface area contributed by atoms with E-state index in [1.807, 2.05) is 28.9 Å². The van der Waals surface area contributed by atoms with Gasteiger partial charge in [0.25, 0.3) is 0 Å². The van der Waals surface area contributed by atoms with Gasteiger partial charge in [-0.15, -0.1) is 10.2 Å². The van der Waals surface area contributed by atoms with Gasteiger partial charge in [-0.2, -0.15) is 5.10 Å². The fourth-order valence-corrected chi connectivity index (χ4v) is 4.83. The molecular formula is C24H26N6OS. The van der Waals surface area contributed by atoms with Gasteiger partial charge < -0.3 is 9.64 Å². The lowest BCUT2D eigenvalue weighted by atomic mass is 10.1. The first-order chi connectivity index (χ1) is 15.8. The molecule has 0 N–H and O–H groups in total. The highest BCUT2D eigenvalue weighted by molar-refractivity contribution is 7.98. The second kappa shape index (κ2) is 9.58. The van der Waals surface area contributed by atoms with Crippen molar-refractivity contribution >= 4 is 17.7 Å². The van der Waals surface area contributed by atoms with E-state index in [2.05, 4.69) is 69.2 Å². The summed E-state index contributed by atoms with van der Waals surface area (Å²) in [5.41, 5.74) is 4.33. The van der Waals surface area contributed by atoms with Gasteiger partial charge >= 0.3 is 0 Å². The van der Waals surface area contributed by atoms with E-state index in [9.17, 15) is 0 Å². The predicted molar refractivity (Wildman–Crippen MR) is 127 cm³/mol. The van der Waals surface area contributed by atoms with Gasteiger partial charge in [0.2, 0.25) is 5.95 Å². The Hall–Kier alpha value is -3.10. The summed E-state index contributed by atoms with van der Waals surface area (Å²) in [5, 5.41) is 14.9. The molecule has 0 atom stereocenters. The molecule has 1 aliphatic rings. The number of ether oxygens (including phenoxy) is 1. The normalized spacial score (nSPS) is 14.1. The van der Waals surface area contributed by atoms with Crippen molar-refractivity contribution in [3.63, 3.8) is 0 Å². The van der Waals surface area contributed by atoms with Crippen LogP contribution in [-0.4, -0.2) is 50.8 Å². The Morgan fingerprint density at radius 3 is 2.38 bits per heavy atom. The van der Waals surface area contributed by atoms with E-state index >= 15 is 0 Å². The Balaban J connectivity index is 1.43. The molecule has 3 heterocycles. The summed E-state index contributed by atoms with van der Waals surface area (Å²) < 4.78 is 9.64. The Morgan fingerprint density at radius 2 is 1.66 bits per heavy atom. The van der Waals surface area contributed by atoms with Crippen molar-refractivity contribution in [2.45, 2.75) is 24.4 Å². The lowest BCUT2D eigenvalue weighted by Gasteiger charge is -2.27. The zero-order valence-corrected chi connectivity index (χ0v) is 18.9. The summed E-state index contributed by atoms with van der Waals surface area (Å²) >= 11 is 1.71. The molecule has 4 aromatic rings. The van der Waals surface area contributed by atoms with Gasteiger partial charge in [-0.1, -0.05) is 60.3 Å². The molecule has 0 bridgehead atoms. The van der Waals surface area contributed by atoms with Crippen molar-refractivity contribution in [2.24, 2.45) is 0 Å². The van der Waals surface area contributed by atoms with Crippen LogP contribution in [0.2, 0.25) is 0 Å². The Bertz CT molecular complexity index is 1150. The van der Waals surface area contributed by atoms with Crippen LogP contribution in [0.1, 0.15) is 12.5 Å². The molecule has 7 nitrogen and oxygen atoms in total. The quantitative estimate of drug-likeness (QED) is 0.395. The van der Waals surface area contributed by atoms with E-state index < -0.39 is 0 Å². The van der Waals surface area contributed by atoms with Crippen LogP contribution >= 0.6 is 11.8 Å². The molecular weight excluding hydrogens is 420 g/mol. The summed E-state index contributed by atoms with van der Waals surface area (Å²) in [6, 6.07) is 20.6. The molecule has 0 unspecified atom stereocenters. The zero-order valence-electron chi connectivity index (χ0n) is 18.1. The number of benzene rings is 2. The van der Waals surface area contributed by atoms with Gasteiger partial charge in [-0.3, -0.25) is 4.57 Å². The maximum atomic E-state index is 5.49. The van der Waals surface area contributed by atoms with Crippen molar-refractivity contribution in [2.75, 3.05) is 31.2 Å². The Labute approximate surface area is 192 Å². The minimum atomic E-state index is 0.734. The third kappa shape index (κ3) is 4.28. The SMILES string of the molecule is CCn1c(SCc2cn(-c3ccccc3)nc2-c2ccccc2)nnc1N1CCOCC1. The van der Waals surface area contributed by atoms with Crippen LogP contribution in [0.15, 0.2) is 72.0 Å². The number of thioether (sulfide) groups is 1. The van der Waals surface area contributed by atoms with Crippen LogP contribution in [0, 0.1) is 0 Å². The summed E-state index contributed by atoms with van der Waals surface area (Å²) in [4.78, 5) is 2.26. The maximum absolute atomic E-state index is 5.49. The van der Waals surface area contributed by atoms with Crippen molar-refractivity contribution in [1.29, 1.82) is 0 Å². The minimum Gasteiger partial charge on any atom is -0.378 e. The summed E-state index contributed by atoms with van der Waals surface area (Å²) in [6.45, 7) is 6.14. The molecule has 2 aromatic heterocycles. The van der Waals surface area contributed by atoms with Gasteiger partial charge in [0.1, 0.15) is 0 Å². The highest BCUT2D eigenvalue weighted by Gasteiger charge is 2.21. The lowest BCUT2D eigenvalue weighted by Crippen LogP contribution is -2.38. The average Bonchev–Trinajstić information content (AvgIpc) is 3.48. The molecule has 5 rings (SSSR count). The molecule has 0 aliphatic carbocycles. The summed E-state index contributed by atoms with van der Waals surface area (Å²) in [6.07, 6.45) is 2.13. The molecule has 32 heavy (non-hydrogen) atoms. The van der Waals surface area contributed by atoms with Gasteiger partial charge in [-0.05, 0) is 19.1 Å². The standard InChI is InChI=1S/C24H26N6OS/c1-2-29-23(28-13-15-31-16-14-28)25-26-24(29)32-18-20-17-30(21-11-7-4-8-12-21)27-22(20)19-9-5-3-6-10-19/h3-12,17H,2,13-16,18H2,1H3. The smallest absolute Gasteiger partial charge is 0.228 e. The Morgan fingerprint density at radius 1 is 0.938 bits per heavy atom. The lowest BCUT2D eigenvalue weighted by molar-refractivity contribution is 0.121. The van der Waals surface area contributed by atoms with Crippen LogP contribution < -0.4 is 4.90 Å². The van der Waals surface area contributed by atoms with Gasteiger partial charge in [0, 0.05) is 42.7 Å². The fraction of sp³-hybridized carbons (Fsp3) is 0.292. The van der Waals surface area contributed by atoms with Crippen molar-refractivity contribution in [1.82, 2.24) is 24.5 Å². The van der Waals surface area contributed by atoms with E-state index in [1.165, 1.54) is 5.56 Å². The third-order valence-electron chi connectivity index (χ3n) is 5.52. The third-order valence-corrected chi connectivity index (χ3v) is 6.54. The first kappa shape index (κ1) is 20.8. The van der Waals surface area contributed by atoms with Crippen LogP contribution in [0.5, 0.6) is 0 Å². The van der Waals surface area contributed by atoms with Crippen molar-refractivity contribution in [3.8, 4) is 16.9 Å². The molecule has 0 amide bonds. The highest BCUT2D eigenvalue weighted by Crippen LogP contribution is 2.31. The van der Waals surface area contributed by atoms with Gasteiger partial charge in [0.15, 0.2) is 5.16 Å². The number of rotatable bonds is 7. The van der Waals surface area contributed by atoms with Crippen LogP contribution in [0.3, 0.4) is 0 Å². The average molecular weight is 447 g/mol. The molecule has 164 valence electrons. The number of morpholine rings is 1. The van der Waals surface area contributed by atoms with Crippen LogP contribution in [0.4, 0.5) is 5.95 Å². The van der Waals surface area contributed by atoms with E-state index in [4.69, 9.17) is 9.84 Å². The molecule has 0 saturated carbocycles. The largest absolute Gasteiger partial charge is 0.378 e. The zero-order chi connectivity index (χ0) is 21.8. The number of aromatic nitrogens is 5. The van der Waals surface area contributed by atoms with Gasteiger partial charge in [-0.25, -0.2) is 4.68 Å². The number of para-hydroxylation sites is 1. The molecule has 8 heteroatoms. The maximum Gasteiger partial charge on any atom is 0.228 e. The molecule has 0 radical (unpaired) electrons. The molecule has 1 aliphatic heterocycles. The first-order valence-electron chi connectivity index (χ1n) is 10.9. The van der Waals surface area contributed by atoms with Crippen molar-refractivity contribution in [3.05, 3.63) is 72.4 Å². The number of hydrogen-bond donors (Lipinski definition) is 0. The number of hydrogen-bond acceptors (Lipinski definition) is 6. The van der Waals surface area contributed by atoms with Crippen LogP contribution in [-0.2, 0) is 17.0 Å². The first-order valence-corrected chi connectivity index (χ1v) is 11.9. The van der Waals surface area contributed by atoms with E-state index in [1.54, 1.807) is 11.8 Å². The summed E-state index contributed by atoms with van der Waals surface area (Å²) in [5.74, 6) is 1.69. The topological polar surface area (TPSA) is 61.0 Å². The number of anilines is 1. The second-order valence-electron chi connectivity index (χ2n) is 7.56. The molecule has 1 saturated heterocycles.